The van der Waals surface area contributed by atoms with Gasteiger partial charge in [-0.15, -0.1) is 0 Å². The van der Waals surface area contributed by atoms with E-state index in [9.17, 15) is 4.79 Å². The SMILES string of the molecule is O=C(NC1CC1)c1ccc(Br)cc1Cl. The second-order valence-corrected chi connectivity index (χ2v) is 4.69. The van der Waals surface area contributed by atoms with Crippen LogP contribution in [0.2, 0.25) is 5.02 Å². The Morgan fingerprint density at radius 2 is 2.21 bits per heavy atom. The van der Waals surface area contributed by atoms with Gasteiger partial charge in [-0.1, -0.05) is 27.5 Å². The molecule has 14 heavy (non-hydrogen) atoms. The van der Waals surface area contributed by atoms with Crippen LogP contribution in [0.3, 0.4) is 0 Å². The number of hydrogen-bond acceptors (Lipinski definition) is 1. The van der Waals surface area contributed by atoms with E-state index in [0.717, 1.165) is 17.3 Å². The highest BCUT2D eigenvalue weighted by molar-refractivity contribution is 9.10. The molecule has 0 unspecified atom stereocenters. The first-order chi connectivity index (χ1) is 6.66. The predicted octanol–water partition coefficient (Wildman–Crippen LogP) is 2.99. The summed E-state index contributed by atoms with van der Waals surface area (Å²) in [6, 6.07) is 5.63. The topological polar surface area (TPSA) is 29.1 Å². The molecular formula is C10H9BrClNO. The van der Waals surface area contributed by atoms with Gasteiger partial charge in [0.1, 0.15) is 0 Å². The van der Waals surface area contributed by atoms with Crippen molar-refractivity contribution in [3.63, 3.8) is 0 Å². The van der Waals surface area contributed by atoms with Crippen LogP contribution in [-0.2, 0) is 0 Å². The average Bonchev–Trinajstić information content (AvgIpc) is 2.87. The number of rotatable bonds is 2. The van der Waals surface area contributed by atoms with Gasteiger partial charge in [-0.05, 0) is 31.0 Å². The van der Waals surface area contributed by atoms with Crippen molar-refractivity contribution in [2.45, 2.75) is 18.9 Å². The van der Waals surface area contributed by atoms with E-state index in [1.807, 2.05) is 6.07 Å². The van der Waals surface area contributed by atoms with E-state index in [4.69, 9.17) is 11.6 Å². The Morgan fingerprint density at radius 3 is 2.79 bits per heavy atom. The maximum atomic E-state index is 11.6. The minimum Gasteiger partial charge on any atom is -0.349 e. The number of nitrogens with one attached hydrogen (secondary N) is 1. The van der Waals surface area contributed by atoms with Crippen molar-refractivity contribution >= 4 is 33.4 Å². The number of carbonyl (C=O) groups excluding carboxylic acids is 1. The zero-order chi connectivity index (χ0) is 10.1. The molecule has 4 heteroatoms. The Morgan fingerprint density at radius 1 is 1.50 bits per heavy atom. The largest absolute Gasteiger partial charge is 0.349 e. The van der Waals surface area contributed by atoms with Crippen LogP contribution in [-0.4, -0.2) is 11.9 Å². The van der Waals surface area contributed by atoms with Gasteiger partial charge in [0.15, 0.2) is 0 Å². The molecule has 1 N–H and O–H groups in total. The van der Waals surface area contributed by atoms with Crippen molar-refractivity contribution in [1.29, 1.82) is 0 Å². The van der Waals surface area contributed by atoms with Crippen LogP contribution >= 0.6 is 27.5 Å². The predicted molar refractivity (Wildman–Crippen MR) is 59.6 cm³/mol. The molecule has 1 fully saturated rings. The normalized spacial score (nSPS) is 15.3. The molecule has 1 aromatic rings. The zero-order valence-corrected chi connectivity index (χ0v) is 9.73. The van der Waals surface area contributed by atoms with E-state index < -0.39 is 0 Å². The molecule has 0 spiro atoms. The summed E-state index contributed by atoms with van der Waals surface area (Å²) in [7, 11) is 0. The van der Waals surface area contributed by atoms with E-state index >= 15 is 0 Å². The Labute approximate surface area is 95.8 Å². The first-order valence-corrected chi connectivity index (χ1v) is 5.60. The third-order valence-corrected chi connectivity index (χ3v) is 2.89. The van der Waals surface area contributed by atoms with E-state index in [2.05, 4.69) is 21.2 Å². The van der Waals surface area contributed by atoms with Gasteiger partial charge < -0.3 is 5.32 Å². The summed E-state index contributed by atoms with van der Waals surface area (Å²) in [5, 5.41) is 3.38. The van der Waals surface area contributed by atoms with Crippen LogP contribution in [0.15, 0.2) is 22.7 Å². The fraction of sp³-hybridized carbons (Fsp3) is 0.300. The highest BCUT2D eigenvalue weighted by atomic mass is 79.9. The molecule has 1 aliphatic carbocycles. The van der Waals surface area contributed by atoms with Crippen molar-refractivity contribution in [2.24, 2.45) is 0 Å². The van der Waals surface area contributed by atoms with E-state index in [1.54, 1.807) is 12.1 Å². The molecule has 1 aliphatic rings. The Kier molecular flexibility index (Phi) is 2.79. The maximum absolute atomic E-state index is 11.6. The van der Waals surface area contributed by atoms with E-state index in [-0.39, 0.29) is 5.91 Å². The molecule has 0 aliphatic heterocycles. The van der Waals surface area contributed by atoms with Crippen LogP contribution in [0, 0.1) is 0 Å². The second kappa shape index (κ2) is 3.91. The van der Waals surface area contributed by atoms with Gasteiger partial charge in [-0.3, -0.25) is 4.79 Å². The second-order valence-electron chi connectivity index (χ2n) is 3.37. The third kappa shape index (κ3) is 2.28. The van der Waals surface area contributed by atoms with Crippen LogP contribution in [0.5, 0.6) is 0 Å². The van der Waals surface area contributed by atoms with Crippen LogP contribution in [0.4, 0.5) is 0 Å². The summed E-state index contributed by atoms with van der Waals surface area (Å²) in [6.45, 7) is 0. The maximum Gasteiger partial charge on any atom is 0.253 e. The van der Waals surface area contributed by atoms with E-state index in [1.165, 1.54) is 0 Å². The molecule has 0 saturated heterocycles. The van der Waals surface area contributed by atoms with Gasteiger partial charge in [0.2, 0.25) is 0 Å². The van der Waals surface area contributed by atoms with Crippen molar-refractivity contribution < 1.29 is 4.79 Å². The number of benzene rings is 1. The lowest BCUT2D eigenvalue weighted by atomic mass is 10.2. The van der Waals surface area contributed by atoms with Gasteiger partial charge in [-0.25, -0.2) is 0 Å². The molecular weight excluding hydrogens is 265 g/mol. The van der Waals surface area contributed by atoms with Crippen molar-refractivity contribution in [1.82, 2.24) is 5.32 Å². The molecule has 1 saturated carbocycles. The fourth-order valence-corrected chi connectivity index (χ4v) is 1.92. The fourth-order valence-electron chi connectivity index (χ4n) is 1.16. The summed E-state index contributed by atoms with van der Waals surface area (Å²) in [5.74, 6) is -0.0787. The van der Waals surface area contributed by atoms with Crippen molar-refractivity contribution in [3.05, 3.63) is 33.3 Å². The van der Waals surface area contributed by atoms with Crippen LogP contribution in [0.25, 0.3) is 0 Å². The number of amides is 1. The van der Waals surface area contributed by atoms with E-state index in [0.29, 0.717) is 16.6 Å². The first-order valence-electron chi connectivity index (χ1n) is 4.43. The molecule has 1 aromatic carbocycles. The monoisotopic (exact) mass is 273 g/mol. The standard InChI is InChI=1S/C10H9BrClNO/c11-6-1-4-8(9(12)5-6)10(14)13-7-2-3-7/h1,4-5,7H,2-3H2,(H,13,14). The summed E-state index contributed by atoms with van der Waals surface area (Å²) in [6.07, 6.45) is 2.17. The van der Waals surface area contributed by atoms with Crippen molar-refractivity contribution in [3.8, 4) is 0 Å². The van der Waals surface area contributed by atoms with Gasteiger partial charge >= 0.3 is 0 Å². The van der Waals surface area contributed by atoms with Crippen molar-refractivity contribution in [2.75, 3.05) is 0 Å². The lowest BCUT2D eigenvalue weighted by Crippen LogP contribution is -2.25. The van der Waals surface area contributed by atoms with Crippen LogP contribution in [0.1, 0.15) is 23.2 Å². The molecule has 2 nitrogen and oxygen atoms in total. The third-order valence-electron chi connectivity index (χ3n) is 2.09. The first kappa shape index (κ1) is 9.99. The van der Waals surface area contributed by atoms with Gasteiger partial charge in [0.25, 0.3) is 5.91 Å². The number of carbonyl (C=O) groups is 1. The van der Waals surface area contributed by atoms with Gasteiger partial charge in [0, 0.05) is 10.5 Å². The molecule has 74 valence electrons. The lowest BCUT2D eigenvalue weighted by Gasteiger charge is -2.05. The van der Waals surface area contributed by atoms with Crippen LogP contribution < -0.4 is 5.32 Å². The quantitative estimate of drug-likeness (QED) is 0.882. The molecule has 0 atom stereocenters. The smallest absolute Gasteiger partial charge is 0.253 e. The minimum atomic E-state index is -0.0787. The number of hydrogen-bond donors (Lipinski definition) is 1. The Balaban J connectivity index is 2.17. The molecule has 0 radical (unpaired) electrons. The average molecular weight is 275 g/mol. The zero-order valence-electron chi connectivity index (χ0n) is 7.39. The Bertz CT molecular complexity index is 376. The minimum absolute atomic E-state index is 0.0787. The lowest BCUT2D eigenvalue weighted by molar-refractivity contribution is 0.0951. The Hall–Kier alpha value is -0.540. The summed E-state index contributed by atoms with van der Waals surface area (Å²) >= 11 is 9.23. The van der Waals surface area contributed by atoms with Gasteiger partial charge in [-0.2, -0.15) is 0 Å². The highest BCUT2D eigenvalue weighted by Crippen LogP contribution is 2.23. The molecule has 0 bridgehead atoms. The number of halogens is 2. The molecule has 1 amide bonds. The summed E-state index contributed by atoms with van der Waals surface area (Å²) in [4.78, 5) is 11.6. The molecule has 0 heterocycles. The summed E-state index contributed by atoms with van der Waals surface area (Å²) in [5.41, 5.74) is 0.543. The molecule has 0 aromatic heterocycles. The summed E-state index contributed by atoms with van der Waals surface area (Å²) < 4.78 is 0.880. The van der Waals surface area contributed by atoms with Gasteiger partial charge in [0.05, 0.1) is 10.6 Å². The molecule has 2 rings (SSSR count). The highest BCUT2D eigenvalue weighted by Gasteiger charge is 2.24.